The topological polar surface area (TPSA) is 62.0 Å². The fraction of sp³-hybridized carbons (Fsp3) is 0.296. The maximum atomic E-state index is 13.6. The van der Waals surface area contributed by atoms with E-state index in [0.717, 1.165) is 16.0 Å². The molecular formula is C27H30ClNO3. The van der Waals surface area contributed by atoms with Crippen molar-refractivity contribution >= 4 is 5.78 Å². The number of Topliss-reactive ketones (excluding diaryl/α,β-unsaturated/α-hetero) is 1. The van der Waals surface area contributed by atoms with Gasteiger partial charge >= 0.3 is 0 Å². The van der Waals surface area contributed by atoms with Gasteiger partial charge in [-0.25, -0.2) is 0 Å². The lowest BCUT2D eigenvalue weighted by Crippen LogP contribution is -3.18. The van der Waals surface area contributed by atoms with Gasteiger partial charge in [0, 0.05) is 12.0 Å². The largest absolute Gasteiger partial charge is 1.00 e. The lowest BCUT2D eigenvalue weighted by molar-refractivity contribution is -0.937. The van der Waals surface area contributed by atoms with Gasteiger partial charge in [-0.1, -0.05) is 91.0 Å². The fourth-order valence-corrected chi connectivity index (χ4v) is 4.82. The van der Waals surface area contributed by atoms with Gasteiger partial charge in [-0.15, -0.1) is 0 Å². The third kappa shape index (κ3) is 4.79. The Bertz CT molecular complexity index is 999. The number of aliphatic hydroxyl groups is 2. The van der Waals surface area contributed by atoms with E-state index in [1.165, 1.54) is 0 Å². The number of halogens is 1. The number of ketones is 1. The predicted octanol–water partition coefficient (Wildman–Crippen LogP) is -0.212. The van der Waals surface area contributed by atoms with E-state index in [-0.39, 0.29) is 24.2 Å². The Morgan fingerprint density at radius 3 is 2.06 bits per heavy atom. The molecule has 168 valence electrons. The molecule has 1 heterocycles. The quantitative estimate of drug-likeness (QED) is 0.454. The highest BCUT2D eigenvalue weighted by Crippen LogP contribution is 2.36. The molecule has 3 aromatic rings. The highest BCUT2D eigenvalue weighted by molar-refractivity contribution is 5.98. The van der Waals surface area contributed by atoms with Crippen molar-refractivity contribution in [1.29, 1.82) is 0 Å². The first-order valence-corrected chi connectivity index (χ1v) is 11.0. The molecule has 3 N–H and O–H groups in total. The van der Waals surface area contributed by atoms with Crippen LogP contribution in [0.25, 0.3) is 0 Å². The maximum Gasteiger partial charge on any atom is 0.174 e. The highest BCUT2D eigenvalue weighted by atomic mass is 35.5. The Kier molecular flexibility index (Phi) is 7.86. The van der Waals surface area contributed by atoms with Gasteiger partial charge in [0.2, 0.25) is 0 Å². The molecule has 0 aromatic heterocycles. The summed E-state index contributed by atoms with van der Waals surface area (Å²) in [5, 5.41) is 22.8. The molecule has 1 fully saturated rings. The van der Waals surface area contributed by atoms with Crippen LogP contribution in [0.15, 0.2) is 91.0 Å². The number of rotatable bonds is 6. The van der Waals surface area contributed by atoms with Gasteiger partial charge < -0.3 is 27.5 Å². The zero-order valence-corrected chi connectivity index (χ0v) is 19.0. The molecule has 0 bridgehead atoms. The highest BCUT2D eigenvalue weighted by Gasteiger charge is 2.50. The molecule has 3 aromatic carbocycles. The van der Waals surface area contributed by atoms with Gasteiger partial charge in [0.25, 0.3) is 0 Å². The fourth-order valence-electron chi connectivity index (χ4n) is 4.82. The number of benzene rings is 3. The minimum atomic E-state index is -1.23. The van der Waals surface area contributed by atoms with E-state index >= 15 is 0 Å². The van der Waals surface area contributed by atoms with Crippen LogP contribution in [0.2, 0.25) is 0 Å². The summed E-state index contributed by atoms with van der Waals surface area (Å²) in [6.07, 6.45) is -0.173. The van der Waals surface area contributed by atoms with Crippen molar-refractivity contribution < 1.29 is 32.3 Å². The Labute approximate surface area is 195 Å². The maximum absolute atomic E-state index is 13.6. The summed E-state index contributed by atoms with van der Waals surface area (Å²) in [7, 11) is 0. The van der Waals surface area contributed by atoms with Crippen LogP contribution >= 0.6 is 0 Å². The first-order valence-electron chi connectivity index (χ1n) is 11.0. The molecule has 1 aliphatic rings. The van der Waals surface area contributed by atoms with Crippen LogP contribution < -0.4 is 17.3 Å². The SMILES string of the molecule is CC(C(O)c1ccccc1)[NH+]1CCC(O)(c2ccccc2)C(C(=O)c2ccccc2)C1.[Cl-]. The number of piperidine rings is 1. The third-order valence-electron chi connectivity index (χ3n) is 6.78. The molecule has 4 nitrogen and oxygen atoms in total. The van der Waals surface area contributed by atoms with E-state index in [1.807, 2.05) is 97.9 Å². The summed E-state index contributed by atoms with van der Waals surface area (Å²) in [6, 6.07) is 28.3. The number of quaternary nitrogens is 1. The van der Waals surface area contributed by atoms with E-state index < -0.39 is 17.6 Å². The van der Waals surface area contributed by atoms with E-state index in [0.29, 0.717) is 25.1 Å². The van der Waals surface area contributed by atoms with E-state index in [9.17, 15) is 15.0 Å². The number of hydrogen-bond donors (Lipinski definition) is 3. The first-order chi connectivity index (χ1) is 15.0. The van der Waals surface area contributed by atoms with Crippen LogP contribution in [0, 0.1) is 5.92 Å². The molecule has 0 amide bonds. The number of likely N-dealkylation sites (tertiary alicyclic amines) is 1. The standard InChI is InChI=1S/C27H29NO3.ClH/c1-20(25(29)21-11-5-2-6-12-21)28-18-17-27(31,23-15-9-4-10-16-23)24(19-28)26(30)22-13-7-3-8-14-22;/h2-16,20,24-25,29,31H,17-19H2,1H3;1H. The number of nitrogens with one attached hydrogen (secondary N) is 1. The van der Waals surface area contributed by atoms with Crippen molar-refractivity contribution in [2.24, 2.45) is 5.92 Å². The zero-order valence-electron chi connectivity index (χ0n) is 18.2. The Hall–Kier alpha value is -2.50. The monoisotopic (exact) mass is 451 g/mol. The average Bonchev–Trinajstić information content (AvgIpc) is 2.84. The smallest absolute Gasteiger partial charge is 0.174 e. The van der Waals surface area contributed by atoms with Gasteiger partial charge in [0.1, 0.15) is 23.7 Å². The number of hydrogen-bond acceptors (Lipinski definition) is 3. The summed E-state index contributed by atoms with van der Waals surface area (Å²) in [6.45, 7) is 3.16. The van der Waals surface area contributed by atoms with Crippen molar-refractivity contribution in [3.63, 3.8) is 0 Å². The van der Waals surface area contributed by atoms with Crippen LogP contribution in [0.3, 0.4) is 0 Å². The lowest BCUT2D eigenvalue weighted by atomic mass is 9.72. The van der Waals surface area contributed by atoms with Crippen LogP contribution in [0.5, 0.6) is 0 Å². The number of aliphatic hydroxyl groups excluding tert-OH is 1. The van der Waals surface area contributed by atoms with Crippen LogP contribution in [-0.2, 0) is 5.60 Å². The minimum absolute atomic E-state index is 0. The van der Waals surface area contributed by atoms with Crippen LogP contribution in [-0.4, -0.2) is 35.1 Å². The lowest BCUT2D eigenvalue weighted by Gasteiger charge is -2.44. The van der Waals surface area contributed by atoms with Crippen molar-refractivity contribution in [3.05, 3.63) is 108 Å². The van der Waals surface area contributed by atoms with Crippen molar-refractivity contribution in [3.8, 4) is 0 Å². The van der Waals surface area contributed by atoms with E-state index in [2.05, 4.69) is 0 Å². The van der Waals surface area contributed by atoms with Gasteiger partial charge in [-0.05, 0) is 18.1 Å². The van der Waals surface area contributed by atoms with Crippen LogP contribution in [0.4, 0.5) is 0 Å². The Morgan fingerprint density at radius 2 is 1.47 bits per heavy atom. The van der Waals surface area contributed by atoms with Crippen molar-refractivity contribution in [2.75, 3.05) is 13.1 Å². The van der Waals surface area contributed by atoms with Gasteiger partial charge in [-0.2, -0.15) is 0 Å². The minimum Gasteiger partial charge on any atom is -1.00 e. The predicted molar refractivity (Wildman–Crippen MR) is 121 cm³/mol. The second kappa shape index (κ2) is 10.4. The number of carbonyl (C=O) groups is 1. The summed E-state index contributed by atoms with van der Waals surface area (Å²) in [5.74, 6) is -0.642. The molecule has 32 heavy (non-hydrogen) atoms. The normalized spacial score (nSPS) is 24.7. The molecule has 0 radical (unpaired) electrons. The van der Waals surface area contributed by atoms with Crippen molar-refractivity contribution in [1.82, 2.24) is 0 Å². The van der Waals surface area contributed by atoms with Gasteiger partial charge in [0.05, 0.1) is 13.1 Å². The molecule has 5 atom stereocenters. The molecule has 0 aliphatic carbocycles. The molecule has 5 heteroatoms. The molecule has 1 aliphatic heterocycles. The van der Waals surface area contributed by atoms with E-state index in [1.54, 1.807) is 0 Å². The second-order valence-electron chi connectivity index (χ2n) is 8.58. The zero-order chi connectivity index (χ0) is 21.8. The van der Waals surface area contributed by atoms with E-state index in [4.69, 9.17) is 0 Å². The average molecular weight is 452 g/mol. The summed E-state index contributed by atoms with van der Waals surface area (Å²) < 4.78 is 0. The Morgan fingerprint density at radius 1 is 0.938 bits per heavy atom. The molecule has 0 spiro atoms. The molecule has 4 rings (SSSR count). The summed E-state index contributed by atoms with van der Waals surface area (Å²) in [5.41, 5.74) is 1.03. The molecule has 5 unspecified atom stereocenters. The summed E-state index contributed by atoms with van der Waals surface area (Å²) >= 11 is 0. The Balaban J connectivity index is 0.00000289. The van der Waals surface area contributed by atoms with Crippen molar-refractivity contribution in [2.45, 2.75) is 31.1 Å². The van der Waals surface area contributed by atoms with Gasteiger partial charge in [0.15, 0.2) is 5.78 Å². The molecule has 0 saturated carbocycles. The third-order valence-corrected chi connectivity index (χ3v) is 6.78. The molecular weight excluding hydrogens is 422 g/mol. The first kappa shape index (κ1) is 24.1. The van der Waals surface area contributed by atoms with Crippen LogP contribution in [0.1, 0.15) is 40.9 Å². The summed E-state index contributed by atoms with van der Waals surface area (Å²) in [4.78, 5) is 14.7. The molecule has 1 saturated heterocycles. The number of carbonyl (C=O) groups excluding carboxylic acids is 1. The second-order valence-corrected chi connectivity index (χ2v) is 8.58. The van der Waals surface area contributed by atoms with Gasteiger partial charge in [-0.3, -0.25) is 4.79 Å².